The van der Waals surface area contributed by atoms with Crippen LogP contribution in [0.2, 0.25) is 0 Å². The van der Waals surface area contributed by atoms with Crippen molar-refractivity contribution in [1.82, 2.24) is 0 Å². The first-order valence-electron chi connectivity index (χ1n) is 4.70. The molecule has 0 fully saturated rings. The minimum absolute atomic E-state index is 0.303. The molecule has 82 valence electrons. The molecule has 1 aromatic rings. The van der Waals surface area contributed by atoms with E-state index in [0.29, 0.717) is 29.8 Å². The van der Waals surface area contributed by atoms with E-state index >= 15 is 0 Å². The average Bonchev–Trinajstić information content (AvgIpc) is 2.24. The van der Waals surface area contributed by atoms with E-state index in [4.69, 9.17) is 11.3 Å². The summed E-state index contributed by atoms with van der Waals surface area (Å²) in [6, 6.07) is 2.66. The first-order chi connectivity index (χ1) is 7.65. The first-order valence-corrected chi connectivity index (χ1v) is 4.70. The molecule has 0 atom stereocenters. The molecule has 0 spiro atoms. The fraction of sp³-hybridized carbons (Fsp3) is 0.273. The molecule has 1 rings (SSSR count). The molecule has 2 N–H and O–H groups in total. The Bertz CT molecular complexity index is 493. The third-order valence-electron chi connectivity index (χ3n) is 1.97. The zero-order valence-corrected chi connectivity index (χ0v) is 8.87. The normalized spacial score (nSPS) is 8.88. The molecule has 0 bridgehead atoms. The number of nitrogens with zero attached hydrogens (tertiary/aromatic N) is 3. The van der Waals surface area contributed by atoms with Gasteiger partial charge >= 0.3 is 0 Å². The molecule has 0 amide bonds. The predicted molar refractivity (Wildman–Crippen MR) is 61.1 cm³/mol. The summed E-state index contributed by atoms with van der Waals surface area (Å²) in [6.07, 6.45) is 0.430. The molecule has 0 aliphatic rings. The maximum Gasteiger partial charge on any atom is 0.124 e. The van der Waals surface area contributed by atoms with Gasteiger partial charge in [0.2, 0.25) is 0 Å². The van der Waals surface area contributed by atoms with E-state index < -0.39 is 0 Å². The van der Waals surface area contributed by atoms with Crippen molar-refractivity contribution in [2.45, 2.75) is 13.3 Å². The van der Waals surface area contributed by atoms with Crippen molar-refractivity contribution < 1.29 is 4.39 Å². The van der Waals surface area contributed by atoms with Crippen LogP contribution in [0.5, 0.6) is 0 Å². The lowest BCUT2D eigenvalue weighted by molar-refractivity contribution is 0.626. The molecule has 0 saturated heterocycles. The Kier molecular flexibility index (Phi) is 4.19. The Hall–Kier alpha value is -2.18. The number of hydrogen-bond donors (Lipinski definition) is 1. The third kappa shape index (κ3) is 3.19. The van der Waals surface area contributed by atoms with Gasteiger partial charge in [-0.15, -0.1) is 0 Å². The van der Waals surface area contributed by atoms with Crippen LogP contribution < -0.4 is 5.73 Å². The number of benzene rings is 1. The molecule has 0 unspecified atom stereocenters. The monoisotopic (exact) mass is 218 g/mol. The Balaban J connectivity index is 2.84. The largest absolute Gasteiger partial charge is 0.397 e. The second-order valence-corrected chi connectivity index (χ2v) is 3.19. The lowest BCUT2D eigenvalue weighted by Crippen LogP contribution is -1.95. The number of azide groups is 1. The van der Waals surface area contributed by atoms with Gasteiger partial charge in [-0.25, -0.2) is 4.39 Å². The van der Waals surface area contributed by atoms with Crippen LogP contribution in [0.25, 0.3) is 10.4 Å². The summed E-state index contributed by atoms with van der Waals surface area (Å²) in [5.74, 6) is 5.17. The van der Waals surface area contributed by atoms with Crippen molar-refractivity contribution in [3.8, 4) is 11.8 Å². The number of rotatable bonds is 2. The van der Waals surface area contributed by atoms with Crippen molar-refractivity contribution >= 4 is 5.69 Å². The second kappa shape index (κ2) is 5.64. The number of aryl methyl sites for hydroxylation is 1. The maximum atomic E-state index is 13.0. The van der Waals surface area contributed by atoms with E-state index in [1.165, 1.54) is 12.1 Å². The highest BCUT2D eigenvalue weighted by atomic mass is 19.1. The molecule has 0 saturated carbocycles. The highest BCUT2D eigenvalue weighted by Gasteiger charge is 2.02. The van der Waals surface area contributed by atoms with Crippen LogP contribution in [0.3, 0.4) is 0 Å². The molecular formula is C11H11FN4. The molecule has 1 aromatic carbocycles. The average molecular weight is 218 g/mol. The van der Waals surface area contributed by atoms with Gasteiger partial charge in [-0.2, -0.15) is 0 Å². The SMILES string of the molecule is Cc1cc(F)cc(C#CCCN=[N+]=[N-])c1N. The van der Waals surface area contributed by atoms with Crippen LogP contribution in [0.4, 0.5) is 10.1 Å². The van der Waals surface area contributed by atoms with E-state index in [1.807, 2.05) is 0 Å². The van der Waals surface area contributed by atoms with E-state index in [2.05, 4.69) is 21.9 Å². The number of hydrogen-bond acceptors (Lipinski definition) is 2. The Morgan fingerprint density at radius 2 is 2.31 bits per heavy atom. The molecule has 0 aliphatic carbocycles. The van der Waals surface area contributed by atoms with E-state index in [-0.39, 0.29) is 5.82 Å². The second-order valence-electron chi connectivity index (χ2n) is 3.19. The molecule has 16 heavy (non-hydrogen) atoms. The summed E-state index contributed by atoms with van der Waals surface area (Å²) in [5.41, 5.74) is 15.4. The van der Waals surface area contributed by atoms with Crippen molar-refractivity contribution in [1.29, 1.82) is 0 Å². The number of halogens is 1. The van der Waals surface area contributed by atoms with Crippen molar-refractivity contribution in [2.24, 2.45) is 5.11 Å². The van der Waals surface area contributed by atoms with Crippen LogP contribution in [0, 0.1) is 24.6 Å². The zero-order valence-electron chi connectivity index (χ0n) is 8.87. The van der Waals surface area contributed by atoms with Gasteiger partial charge in [0, 0.05) is 17.9 Å². The number of nitrogens with two attached hydrogens (primary N) is 1. The zero-order chi connectivity index (χ0) is 12.0. The van der Waals surface area contributed by atoms with E-state index in [0.717, 1.165) is 0 Å². The van der Waals surface area contributed by atoms with Gasteiger partial charge < -0.3 is 5.73 Å². The number of anilines is 1. The first kappa shape index (κ1) is 11.9. The molecule has 0 heterocycles. The standard InChI is InChI=1S/C11H11FN4/c1-8-6-10(12)7-9(11(8)13)4-2-3-5-15-16-14/h6-7H,3,5,13H2,1H3. The van der Waals surface area contributed by atoms with Crippen LogP contribution >= 0.6 is 0 Å². The summed E-state index contributed by atoms with van der Waals surface area (Å²) in [6.45, 7) is 2.03. The van der Waals surface area contributed by atoms with Gasteiger partial charge in [0.1, 0.15) is 5.82 Å². The van der Waals surface area contributed by atoms with Crippen molar-refractivity contribution in [3.63, 3.8) is 0 Å². The minimum atomic E-state index is -0.356. The number of nitrogen functional groups attached to an aromatic ring is 1. The van der Waals surface area contributed by atoms with Gasteiger partial charge in [-0.05, 0) is 30.2 Å². The molecular weight excluding hydrogens is 207 g/mol. The molecule has 5 heteroatoms. The van der Waals surface area contributed by atoms with Crippen LogP contribution in [-0.4, -0.2) is 6.54 Å². The summed E-state index contributed by atoms with van der Waals surface area (Å²) >= 11 is 0. The highest BCUT2D eigenvalue weighted by molar-refractivity contribution is 5.60. The van der Waals surface area contributed by atoms with E-state index in [9.17, 15) is 4.39 Å². The maximum absolute atomic E-state index is 13.0. The summed E-state index contributed by atoms with van der Waals surface area (Å²) in [7, 11) is 0. The van der Waals surface area contributed by atoms with Gasteiger partial charge in [0.05, 0.1) is 11.3 Å². The van der Waals surface area contributed by atoms with Crippen LogP contribution in [0.15, 0.2) is 17.2 Å². The van der Waals surface area contributed by atoms with Crippen LogP contribution in [-0.2, 0) is 0 Å². The fourth-order valence-corrected chi connectivity index (χ4v) is 1.17. The Morgan fingerprint density at radius 3 is 3.00 bits per heavy atom. The van der Waals surface area contributed by atoms with Gasteiger partial charge in [0.15, 0.2) is 0 Å². The Morgan fingerprint density at radius 1 is 1.56 bits per heavy atom. The van der Waals surface area contributed by atoms with Gasteiger partial charge in [0.25, 0.3) is 0 Å². The molecule has 0 aromatic heterocycles. The molecule has 4 nitrogen and oxygen atoms in total. The molecule has 0 aliphatic heterocycles. The lowest BCUT2D eigenvalue weighted by Gasteiger charge is -2.02. The fourth-order valence-electron chi connectivity index (χ4n) is 1.17. The molecule has 0 radical (unpaired) electrons. The third-order valence-corrected chi connectivity index (χ3v) is 1.97. The van der Waals surface area contributed by atoms with Crippen molar-refractivity contribution in [3.05, 3.63) is 39.5 Å². The van der Waals surface area contributed by atoms with Crippen molar-refractivity contribution in [2.75, 3.05) is 12.3 Å². The Labute approximate surface area is 92.9 Å². The minimum Gasteiger partial charge on any atom is -0.397 e. The lowest BCUT2D eigenvalue weighted by atomic mass is 10.1. The highest BCUT2D eigenvalue weighted by Crippen LogP contribution is 2.17. The van der Waals surface area contributed by atoms with Crippen LogP contribution in [0.1, 0.15) is 17.5 Å². The summed E-state index contributed by atoms with van der Waals surface area (Å²) in [5, 5.41) is 3.33. The predicted octanol–water partition coefficient (Wildman–Crippen LogP) is 2.77. The summed E-state index contributed by atoms with van der Waals surface area (Å²) < 4.78 is 13.0. The van der Waals surface area contributed by atoms with Gasteiger partial charge in [-0.1, -0.05) is 17.0 Å². The quantitative estimate of drug-likeness (QED) is 0.203. The summed E-state index contributed by atoms with van der Waals surface area (Å²) in [4.78, 5) is 2.60. The topological polar surface area (TPSA) is 74.8 Å². The smallest absolute Gasteiger partial charge is 0.124 e. The van der Waals surface area contributed by atoms with E-state index in [1.54, 1.807) is 6.92 Å². The van der Waals surface area contributed by atoms with Gasteiger partial charge in [-0.3, -0.25) is 0 Å².